The maximum atomic E-state index is 8.54. The summed E-state index contributed by atoms with van der Waals surface area (Å²) in [7, 11) is 2.65. The largest absolute Gasteiger partial charge is 0.396 e. The van der Waals surface area contributed by atoms with Crippen molar-refractivity contribution in [3.8, 4) is 0 Å². The van der Waals surface area contributed by atoms with Crippen LogP contribution in [0.4, 0.5) is 0 Å². The predicted octanol–water partition coefficient (Wildman–Crippen LogP) is 2.32. The van der Waals surface area contributed by atoms with E-state index in [4.69, 9.17) is 5.11 Å². The van der Waals surface area contributed by atoms with Crippen molar-refractivity contribution in [3.63, 3.8) is 0 Å². The number of rotatable bonds is 5. The van der Waals surface area contributed by atoms with Crippen molar-refractivity contribution >= 4 is 9.24 Å². The summed E-state index contributed by atoms with van der Waals surface area (Å²) in [5.74, 6) is 0. The van der Waals surface area contributed by atoms with Gasteiger partial charge < -0.3 is 5.11 Å². The van der Waals surface area contributed by atoms with Gasteiger partial charge >= 0.3 is 0 Å². The van der Waals surface area contributed by atoms with Crippen molar-refractivity contribution in [2.75, 3.05) is 6.61 Å². The molecule has 0 aromatic carbocycles. The van der Waals surface area contributed by atoms with Crippen LogP contribution < -0.4 is 0 Å². The van der Waals surface area contributed by atoms with Crippen LogP contribution in [0, 0.1) is 0 Å². The van der Waals surface area contributed by atoms with E-state index in [1.807, 2.05) is 0 Å². The topological polar surface area (TPSA) is 20.2 Å². The van der Waals surface area contributed by atoms with Crippen molar-refractivity contribution in [2.45, 2.75) is 32.6 Å². The fourth-order valence-electron chi connectivity index (χ4n) is 0.723. The van der Waals surface area contributed by atoms with Crippen LogP contribution in [0.1, 0.15) is 32.6 Å². The Balaban J connectivity index is 3.28. The first-order valence-electron chi connectivity index (χ1n) is 3.86. The predicted molar refractivity (Wildman–Crippen MR) is 49.0 cm³/mol. The number of unbranched alkanes of at least 4 members (excludes halogenated alkanes) is 2. The molecular formula is C8H17OP. The number of aliphatic hydroxyl groups excluding tert-OH is 1. The average Bonchev–Trinajstić information content (AvgIpc) is 1.89. The van der Waals surface area contributed by atoms with Gasteiger partial charge in [-0.15, -0.1) is 9.24 Å². The van der Waals surface area contributed by atoms with Gasteiger partial charge in [0.1, 0.15) is 0 Å². The number of allylic oxidation sites excluding steroid dienone is 1. The Hall–Kier alpha value is 0.130. The van der Waals surface area contributed by atoms with Gasteiger partial charge in [-0.3, -0.25) is 0 Å². The molecule has 0 rings (SSSR count). The molecule has 0 bridgehead atoms. The van der Waals surface area contributed by atoms with E-state index in [-0.39, 0.29) is 6.61 Å². The lowest BCUT2D eigenvalue weighted by Gasteiger charge is -1.95. The standard InChI is InChI=1S/C8H17OP/c1-2-3-4-5-8(10)6-7-9/h5,9H,2-4,6-7,10H2,1H3. The monoisotopic (exact) mass is 160 g/mol. The first kappa shape index (κ1) is 10.1. The number of hydrogen-bond donors (Lipinski definition) is 1. The van der Waals surface area contributed by atoms with Crippen LogP contribution in [-0.2, 0) is 0 Å². The molecule has 10 heavy (non-hydrogen) atoms. The molecule has 0 saturated carbocycles. The lowest BCUT2D eigenvalue weighted by atomic mass is 10.2. The second-order valence-electron chi connectivity index (χ2n) is 2.39. The van der Waals surface area contributed by atoms with Gasteiger partial charge in [-0.05, 0) is 12.8 Å². The van der Waals surface area contributed by atoms with Gasteiger partial charge in [0.2, 0.25) is 0 Å². The van der Waals surface area contributed by atoms with E-state index < -0.39 is 0 Å². The third kappa shape index (κ3) is 6.25. The van der Waals surface area contributed by atoms with E-state index in [1.54, 1.807) is 0 Å². The number of aliphatic hydroxyl groups is 1. The highest BCUT2D eigenvalue weighted by Gasteiger charge is 1.86. The van der Waals surface area contributed by atoms with Gasteiger partial charge in [0.05, 0.1) is 0 Å². The summed E-state index contributed by atoms with van der Waals surface area (Å²) < 4.78 is 0. The fraction of sp³-hybridized carbons (Fsp3) is 0.750. The minimum atomic E-state index is 0.265. The molecule has 0 aliphatic carbocycles. The lowest BCUT2D eigenvalue weighted by Crippen LogP contribution is -1.80. The molecule has 60 valence electrons. The van der Waals surface area contributed by atoms with Crippen molar-refractivity contribution in [1.82, 2.24) is 0 Å². The normalized spacial score (nSPS) is 12.1. The SMILES string of the molecule is CCCCC=C(P)CCO. The molecule has 0 radical (unpaired) electrons. The Morgan fingerprint density at radius 2 is 2.30 bits per heavy atom. The molecule has 0 aromatic heterocycles. The highest BCUT2D eigenvalue weighted by atomic mass is 31.0. The molecular weight excluding hydrogens is 143 g/mol. The molecule has 0 aliphatic heterocycles. The van der Waals surface area contributed by atoms with Crippen LogP contribution in [0.2, 0.25) is 0 Å². The molecule has 1 unspecified atom stereocenters. The van der Waals surface area contributed by atoms with Gasteiger partial charge in [-0.25, -0.2) is 0 Å². The zero-order chi connectivity index (χ0) is 7.82. The fourth-order valence-corrected chi connectivity index (χ4v) is 1.02. The molecule has 0 spiro atoms. The summed E-state index contributed by atoms with van der Waals surface area (Å²) in [5.41, 5.74) is 0. The van der Waals surface area contributed by atoms with E-state index in [0.717, 1.165) is 12.8 Å². The van der Waals surface area contributed by atoms with E-state index >= 15 is 0 Å². The third-order valence-corrected chi connectivity index (χ3v) is 1.89. The molecule has 1 nitrogen and oxygen atoms in total. The zero-order valence-corrected chi connectivity index (χ0v) is 7.79. The molecule has 1 N–H and O–H groups in total. The summed E-state index contributed by atoms with van der Waals surface area (Å²) in [6.07, 6.45) is 6.63. The molecule has 0 aromatic rings. The molecule has 0 amide bonds. The first-order valence-corrected chi connectivity index (χ1v) is 4.44. The van der Waals surface area contributed by atoms with E-state index in [0.29, 0.717) is 0 Å². The smallest absolute Gasteiger partial charge is 0.0471 e. The maximum absolute atomic E-state index is 8.54. The second-order valence-corrected chi connectivity index (χ2v) is 3.14. The average molecular weight is 160 g/mol. The number of hydrogen-bond acceptors (Lipinski definition) is 1. The lowest BCUT2D eigenvalue weighted by molar-refractivity contribution is 0.301. The summed E-state index contributed by atoms with van der Waals surface area (Å²) in [5, 5.41) is 9.77. The van der Waals surface area contributed by atoms with Gasteiger partial charge in [0.25, 0.3) is 0 Å². The Morgan fingerprint density at radius 1 is 1.60 bits per heavy atom. The van der Waals surface area contributed by atoms with E-state index in [9.17, 15) is 0 Å². The molecule has 0 saturated heterocycles. The van der Waals surface area contributed by atoms with E-state index in [2.05, 4.69) is 22.2 Å². The van der Waals surface area contributed by atoms with Crippen LogP contribution in [-0.4, -0.2) is 11.7 Å². The summed E-state index contributed by atoms with van der Waals surface area (Å²) >= 11 is 0. The molecule has 2 heteroatoms. The molecule has 0 aliphatic rings. The first-order chi connectivity index (χ1) is 4.81. The van der Waals surface area contributed by atoms with Crippen LogP contribution in [0.3, 0.4) is 0 Å². The van der Waals surface area contributed by atoms with Crippen LogP contribution >= 0.6 is 9.24 Å². The summed E-state index contributed by atoms with van der Waals surface area (Å²) in [4.78, 5) is 0. The van der Waals surface area contributed by atoms with Crippen molar-refractivity contribution < 1.29 is 5.11 Å². The van der Waals surface area contributed by atoms with Crippen LogP contribution in [0.15, 0.2) is 11.4 Å². The Kier molecular flexibility index (Phi) is 7.33. The maximum Gasteiger partial charge on any atom is 0.0471 e. The molecule has 0 heterocycles. The Bertz CT molecular complexity index is 99.4. The third-order valence-electron chi connectivity index (χ3n) is 1.36. The van der Waals surface area contributed by atoms with Crippen molar-refractivity contribution in [3.05, 3.63) is 11.4 Å². The minimum absolute atomic E-state index is 0.265. The van der Waals surface area contributed by atoms with Crippen molar-refractivity contribution in [2.24, 2.45) is 0 Å². The van der Waals surface area contributed by atoms with Gasteiger partial charge in [0, 0.05) is 6.61 Å². The minimum Gasteiger partial charge on any atom is -0.396 e. The Labute approximate surface area is 65.7 Å². The van der Waals surface area contributed by atoms with E-state index in [1.165, 1.54) is 18.2 Å². The van der Waals surface area contributed by atoms with Gasteiger partial charge in [0.15, 0.2) is 0 Å². The summed E-state index contributed by atoms with van der Waals surface area (Å²) in [6, 6.07) is 0. The van der Waals surface area contributed by atoms with Gasteiger partial charge in [-0.1, -0.05) is 31.2 Å². The molecule has 0 fully saturated rings. The summed E-state index contributed by atoms with van der Waals surface area (Å²) in [6.45, 7) is 2.45. The van der Waals surface area contributed by atoms with Crippen LogP contribution in [0.5, 0.6) is 0 Å². The second kappa shape index (κ2) is 7.24. The van der Waals surface area contributed by atoms with Crippen molar-refractivity contribution in [1.29, 1.82) is 0 Å². The van der Waals surface area contributed by atoms with Gasteiger partial charge in [-0.2, -0.15) is 0 Å². The molecule has 1 atom stereocenters. The highest BCUT2D eigenvalue weighted by Crippen LogP contribution is 2.11. The quantitative estimate of drug-likeness (QED) is 0.483. The highest BCUT2D eigenvalue weighted by molar-refractivity contribution is 7.22. The zero-order valence-electron chi connectivity index (χ0n) is 6.64. The van der Waals surface area contributed by atoms with Crippen LogP contribution in [0.25, 0.3) is 0 Å². The Morgan fingerprint density at radius 3 is 2.80 bits per heavy atom.